The average molecular weight is 570 g/mol. The van der Waals surface area contributed by atoms with Crippen LogP contribution in [-0.2, 0) is 0 Å². The van der Waals surface area contributed by atoms with Gasteiger partial charge in [-0.3, -0.25) is 9.59 Å². The standard InChI is InChI=1S/C30H34Cl2N4O3/c1-3-22-19-35(30(38)24-11-10-21(31)18-26(24)32)15-16-36(22)27-12-9-20(17-25(27)29(37)34-14-13-33)23-7-5-6-8-28(23)39-4-2/h5-12,17-18,22H,3-4,13-16,19,33H2,1-2H3,(H,34,37)/t22-/m1/s1. The second-order valence-electron chi connectivity index (χ2n) is 9.34. The number of amides is 2. The van der Waals surface area contributed by atoms with Crippen LogP contribution in [-0.4, -0.2) is 62.1 Å². The third-order valence-electron chi connectivity index (χ3n) is 6.88. The van der Waals surface area contributed by atoms with Gasteiger partial charge in [0.05, 0.1) is 22.8 Å². The van der Waals surface area contributed by atoms with Crippen molar-refractivity contribution in [1.29, 1.82) is 0 Å². The summed E-state index contributed by atoms with van der Waals surface area (Å²) in [5.74, 6) is 0.451. The number of ether oxygens (including phenoxy) is 1. The number of para-hydroxylation sites is 1. The van der Waals surface area contributed by atoms with Gasteiger partial charge in [0.25, 0.3) is 11.8 Å². The predicted octanol–water partition coefficient (Wildman–Crippen LogP) is 5.49. The van der Waals surface area contributed by atoms with Crippen LogP contribution in [0.3, 0.4) is 0 Å². The minimum absolute atomic E-state index is 0.0106. The maximum atomic E-state index is 13.4. The molecule has 206 valence electrons. The molecule has 0 bridgehead atoms. The van der Waals surface area contributed by atoms with Crippen LogP contribution in [0.2, 0.25) is 10.0 Å². The fraction of sp³-hybridized carbons (Fsp3) is 0.333. The van der Waals surface area contributed by atoms with E-state index in [-0.39, 0.29) is 17.9 Å². The number of carbonyl (C=O) groups excluding carboxylic acids is 2. The van der Waals surface area contributed by atoms with Crippen LogP contribution < -0.4 is 20.7 Å². The molecule has 9 heteroatoms. The molecule has 2 amide bonds. The zero-order chi connectivity index (χ0) is 27.9. The summed E-state index contributed by atoms with van der Waals surface area (Å²) < 4.78 is 5.84. The van der Waals surface area contributed by atoms with Crippen LogP contribution in [0.4, 0.5) is 5.69 Å². The van der Waals surface area contributed by atoms with E-state index in [1.807, 2.05) is 54.3 Å². The van der Waals surface area contributed by atoms with Gasteiger partial charge in [0.15, 0.2) is 0 Å². The first-order valence-corrected chi connectivity index (χ1v) is 14.0. The normalized spacial score (nSPS) is 15.3. The van der Waals surface area contributed by atoms with E-state index in [2.05, 4.69) is 17.1 Å². The summed E-state index contributed by atoms with van der Waals surface area (Å²) in [6.45, 7) is 6.87. The van der Waals surface area contributed by atoms with Crippen LogP contribution >= 0.6 is 23.2 Å². The third kappa shape index (κ3) is 6.49. The molecule has 3 aromatic rings. The van der Waals surface area contributed by atoms with E-state index in [0.717, 1.165) is 29.0 Å². The monoisotopic (exact) mass is 568 g/mol. The van der Waals surface area contributed by atoms with Crippen molar-refractivity contribution in [3.05, 3.63) is 81.8 Å². The maximum Gasteiger partial charge on any atom is 0.255 e. The van der Waals surface area contributed by atoms with Crippen molar-refractivity contribution in [1.82, 2.24) is 10.2 Å². The van der Waals surface area contributed by atoms with Gasteiger partial charge in [0.1, 0.15) is 5.75 Å². The summed E-state index contributed by atoms with van der Waals surface area (Å²) in [7, 11) is 0. The summed E-state index contributed by atoms with van der Waals surface area (Å²) in [5, 5.41) is 3.75. The first-order chi connectivity index (χ1) is 18.9. The molecule has 0 unspecified atom stereocenters. The van der Waals surface area contributed by atoms with E-state index < -0.39 is 0 Å². The van der Waals surface area contributed by atoms with Crippen molar-refractivity contribution in [3.8, 4) is 16.9 Å². The van der Waals surface area contributed by atoms with E-state index in [1.54, 1.807) is 18.2 Å². The maximum absolute atomic E-state index is 13.4. The van der Waals surface area contributed by atoms with Gasteiger partial charge in [-0.1, -0.05) is 54.4 Å². The number of hydrogen-bond donors (Lipinski definition) is 2. The number of nitrogens with zero attached hydrogens (tertiary/aromatic N) is 2. The summed E-state index contributed by atoms with van der Waals surface area (Å²) in [5.41, 5.74) is 9.29. The fourth-order valence-corrected chi connectivity index (χ4v) is 5.43. The topological polar surface area (TPSA) is 87.9 Å². The molecule has 3 aromatic carbocycles. The Bertz CT molecular complexity index is 1330. The molecule has 0 aromatic heterocycles. The number of nitrogens with one attached hydrogen (secondary N) is 1. The zero-order valence-electron chi connectivity index (χ0n) is 22.3. The van der Waals surface area contributed by atoms with Crippen molar-refractivity contribution in [3.63, 3.8) is 0 Å². The highest BCUT2D eigenvalue weighted by atomic mass is 35.5. The van der Waals surface area contributed by atoms with E-state index in [1.165, 1.54) is 0 Å². The number of benzene rings is 3. The molecule has 3 N–H and O–H groups in total. The van der Waals surface area contributed by atoms with Crippen LogP contribution in [0.1, 0.15) is 41.0 Å². The molecular weight excluding hydrogens is 535 g/mol. The Balaban J connectivity index is 1.66. The molecule has 1 atom stereocenters. The molecule has 1 saturated heterocycles. The lowest BCUT2D eigenvalue weighted by Gasteiger charge is -2.43. The fourth-order valence-electron chi connectivity index (χ4n) is 4.94. The molecule has 1 aliphatic heterocycles. The summed E-state index contributed by atoms with van der Waals surface area (Å²) in [6, 6.07) is 18.7. The molecule has 39 heavy (non-hydrogen) atoms. The largest absolute Gasteiger partial charge is 0.493 e. The summed E-state index contributed by atoms with van der Waals surface area (Å²) in [4.78, 5) is 30.7. The summed E-state index contributed by atoms with van der Waals surface area (Å²) in [6.07, 6.45) is 0.789. The van der Waals surface area contributed by atoms with Gasteiger partial charge in [-0.05, 0) is 55.3 Å². The van der Waals surface area contributed by atoms with Crippen molar-refractivity contribution in [2.24, 2.45) is 5.73 Å². The Hall–Kier alpha value is -3.26. The molecule has 0 spiro atoms. The third-order valence-corrected chi connectivity index (χ3v) is 7.43. The second kappa shape index (κ2) is 13.2. The molecule has 4 rings (SSSR count). The number of nitrogens with two attached hydrogens (primary N) is 1. The Morgan fingerprint density at radius 3 is 2.54 bits per heavy atom. The molecule has 0 saturated carbocycles. The van der Waals surface area contributed by atoms with Gasteiger partial charge < -0.3 is 25.6 Å². The van der Waals surface area contributed by atoms with Crippen LogP contribution in [0.25, 0.3) is 11.1 Å². The lowest BCUT2D eigenvalue weighted by Crippen LogP contribution is -2.55. The smallest absolute Gasteiger partial charge is 0.255 e. The highest BCUT2D eigenvalue weighted by molar-refractivity contribution is 6.36. The minimum Gasteiger partial charge on any atom is -0.493 e. The van der Waals surface area contributed by atoms with Gasteiger partial charge in [-0.15, -0.1) is 0 Å². The van der Waals surface area contributed by atoms with E-state index in [0.29, 0.717) is 60.5 Å². The first kappa shape index (κ1) is 28.7. The summed E-state index contributed by atoms with van der Waals surface area (Å²) >= 11 is 12.4. The molecule has 1 aliphatic rings. The van der Waals surface area contributed by atoms with Gasteiger partial charge in [-0.25, -0.2) is 0 Å². The number of piperazine rings is 1. The van der Waals surface area contributed by atoms with E-state index >= 15 is 0 Å². The van der Waals surface area contributed by atoms with Gasteiger partial charge in [0.2, 0.25) is 0 Å². The predicted molar refractivity (Wildman–Crippen MR) is 158 cm³/mol. The van der Waals surface area contributed by atoms with Crippen molar-refractivity contribution in [2.45, 2.75) is 26.3 Å². The van der Waals surface area contributed by atoms with Crippen molar-refractivity contribution >= 4 is 40.7 Å². The van der Waals surface area contributed by atoms with Crippen LogP contribution in [0, 0.1) is 0 Å². The van der Waals surface area contributed by atoms with Crippen LogP contribution in [0.5, 0.6) is 5.75 Å². The van der Waals surface area contributed by atoms with Gasteiger partial charge in [0, 0.05) is 55.0 Å². The lowest BCUT2D eigenvalue weighted by molar-refractivity contribution is 0.0720. The minimum atomic E-state index is -0.188. The van der Waals surface area contributed by atoms with Gasteiger partial charge >= 0.3 is 0 Å². The van der Waals surface area contributed by atoms with E-state index in [4.69, 9.17) is 33.7 Å². The Kier molecular flexibility index (Phi) is 9.73. The Morgan fingerprint density at radius 2 is 1.82 bits per heavy atom. The SMILES string of the molecule is CCOc1ccccc1-c1ccc(N2CCN(C(=O)c3ccc(Cl)cc3Cl)C[C@H]2CC)c(C(=O)NCCN)c1. The second-order valence-corrected chi connectivity index (χ2v) is 10.2. The number of hydrogen-bond acceptors (Lipinski definition) is 5. The molecule has 1 heterocycles. The number of halogens is 2. The molecule has 0 aliphatic carbocycles. The molecule has 0 radical (unpaired) electrons. The number of rotatable bonds is 9. The first-order valence-electron chi connectivity index (χ1n) is 13.2. The highest BCUT2D eigenvalue weighted by Crippen LogP contribution is 2.35. The lowest BCUT2D eigenvalue weighted by atomic mass is 9.98. The highest BCUT2D eigenvalue weighted by Gasteiger charge is 2.32. The molecule has 7 nitrogen and oxygen atoms in total. The van der Waals surface area contributed by atoms with Gasteiger partial charge in [-0.2, -0.15) is 0 Å². The average Bonchev–Trinajstić information content (AvgIpc) is 2.95. The number of carbonyl (C=O) groups is 2. The van der Waals surface area contributed by atoms with Crippen molar-refractivity contribution in [2.75, 3.05) is 44.2 Å². The van der Waals surface area contributed by atoms with Crippen molar-refractivity contribution < 1.29 is 14.3 Å². The Morgan fingerprint density at radius 1 is 1.03 bits per heavy atom. The quantitative estimate of drug-likeness (QED) is 0.356. The zero-order valence-corrected chi connectivity index (χ0v) is 23.8. The molecular formula is C30H34Cl2N4O3. The van der Waals surface area contributed by atoms with E-state index in [9.17, 15) is 9.59 Å². The molecule has 1 fully saturated rings. The van der Waals surface area contributed by atoms with Crippen LogP contribution in [0.15, 0.2) is 60.7 Å². The Labute approximate surface area is 239 Å². The number of anilines is 1.